The monoisotopic (exact) mass is 323 g/mol. The van der Waals surface area contributed by atoms with Crippen LogP contribution in [0.5, 0.6) is 0 Å². The van der Waals surface area contributed by atoms with Gasteiger partial charge in [0.15, 0.2) is 0 Å². The van der Waals surface area contributed by atoms with Gasteiger partial charge in [0, 0.05) is 17.1 Å². The highest BCUT2D eigenvalue weighted by atomic mass is 79.9. The fraction of sp³-hybridized carbons (Fsp3) is 0.375. The highest BCUT2D eigenvalue weighted by Gasteiger charge is 2.40. The van der Waals surface area contributed by atoms with E-state index in [9.17, 15) is 22.0 Å². The molecule has 0 saturated heterocycles. The van der Waals surface area contributed by atoms with Crippen molar-refractivity contribution >= 4 is 27.5 Å². The molecule has 0 amide bonds. The largest absolute Gasteiger partial charge is 0.419 e. The van der Waals surface area contributed by atoms with Crippen LogP contribution in [-0.2, 0) is 11.5 Å². The Morgan fingerprint density at radius 3 is 2.31 bits per heavy atom. The molecular formula is C8H4BrClF5N. The molecule has 1 rings (SSSR count). The molecule has 0 bridgehead atoms. The predicted molar refractivity (Wildman–Crippen MR) is 51.8 cm³/mol. The fourth-order valence-corrected chi connectivity index (χ4v) is 1.87. The first-order valence-electron chi connectivity index (χ1n) is 3.87. The van der Waals surface area contributed by atoms with Gasteiger partial charge in [-0.05, 0) is 5.56 Å². The maximum atomic E-state index is 12.6. The molecule has 0 N–H and O–H groups in total. The second-order valence-electron chi connectivity index (χ2n) is 2.80. The minimum absolute atomic E-state index is 0.153. The summed E-state index contributed by atoms with van der Waals surface area (Å²) >= 11 is 8.03. The Morgan fingerprint density at radius 1 is 1.38 bits per heavy atom. The molecule has 0 unspecified atom stereocenters. The van der Waals surface area contributed by atoms with Crippen molar-refractivity contribution in [1.29, 1.82) is 0 Å². The van der Waals surface area contributed by atoms with E-state index in [0.717, 1.165) is 6.20 Å². The van der Waals surface area contributed by atoms with E-state index in [1.165, 1.54) is 0 Å². The second-order valence-corrected chi connectivity index (χ2v) is 3.71. The van der Waals surface area contributed by atoms with E-state index in [0.29, 0.717) is 0 Å². The molecule has 90 valence electrons. The van der Waals surface area contributed by atoms with E-state index in [1.807, 2.05) is 0 Å². The van der Waals surface area contributed by atoms with Crippen molar-refractivity contribution in [2.45, 2.75) is 17.9 Å². The lowest BCUT2D eigenvalue weighted by atomic mass is 10.1. The van der Waals surface area contributed by atoms with Crippen molar-refractivity contribution in [3.63, 3.8) is 0 Å². The lowest BCUT2D eigenvalue weighted by Crippen LogP contribution is -2.13. The number of hydrogen-bond acceptors (Lipinski definition) is 1. The number of alkyl halides is 6. The minimum atomic E-state index is -4.95. The van der Waals surface area contributed by atoms with Crippen LogP contribution in [0.25, 0.3) is 0 Å². The Balaban J connectivity index is 3.55. The molecule has 1 aromatic rings. The molecule has 16 heavy (non-hydrogen) atoms. The molecule has 1 aromatic heterocycles. The maximum Gasteiger partial charge on any atom is 0.419 e. The third-order valence-corrected chi connectivity index (χ3v) is 2.69. The lowest BCUT2D eigenvalue weighted by Gasteiger charge is -2.16. The van der Waals surface area contributed by atoms with E-state index in [2.05, 4.69) is 20.9 Å². The zero-order valence-electron chi connectivity index (χ0n) is 7.45. The molecule has 0 saturated carbocycles. The number of aromatic nitrogens is 1. The third-order valence-electron chi connectivity index (χ3n) is 1.80. The summed E-state index contributed by atoms with van der Waals surface area (Å²) in [5.74, 6) is 0. The summed E-state index contributed by atoms with van der Waals surface area (Å²) in [7, 11) is 0. The maximum absolute atomic E-state index is 12.6. The van der Waals surface area contributed by atoms with Crippen LogP contribution in [0.2, 0.25) is 5.15 Å². The Kier molecular flexibility index (Phi) is 4.12. The van der Waals surface area contributed by atoms with Gasteiger partial charge in [-0.2, -0.15) is 13.2 Å². The summed E-state index contributed by atoms with van der Waals surface area (Å²) in [4.78, 5) is 3.24. The average molecular weight is 324 g/mol. The van der Waals surface area contributed by atoms with Crippen molar-refractivity contribution in [3.8, 4) is 0 Å². The zero-order chi connectivity index (χ0) is 12.5. The summed E-state index contributed by atoms with van der Waals surface area (Å²) in [6.07, 6.45) is -7.31. The van der Waals surface area contributed by atoms with Crippen LogP contribution in [0.4, 0.5) is 22.0 Å². The molecule has 0 fully saturated rings. The molecule has 1 heterocycles. The SMILES string of the molecule is FC(F)c1c(CBr)cnc(Cl)c1C(F)(F)F. The molecular weight excluding hydrogens is 320 g/mol. The van der Waals surface area contributed by atoms with Gasteiger partial charge in [0.1, 0.15) is 10.7 Å². The quantitative estimate of drug-likeness (QED) is 0.440. The summed E-state index contributed by atoms with van der Waals surface area (Å²) in [6.45, 7) is 0. The van der Waals surface area contributed by atoms with Crippen LogP contribution in [-0.4, -0.2) is 4.98 Å². The van der Waals surface area contributed by atoms with E-state index in [4.69, 9.17) is 11.6 Å². The highest BCUT2D eigenvalue weighted by molar-refractivity contribution is 9.08. The van der Waals surface area contributed by atoms with Gasteiger partial charge >= 0.3 is 6.18 Å². The Hall–Kier alpha value is -0.430. The van der Waals surface area contributed by atoms with Crippen LogP contribution in [0.1, 0.15) is 23.1 Å². The van der Waals surface area contributed by atoms with Crippen LogP contribution in [0, 0.1) is 0 Å². The van der Waals surface area contributed by atoms with Crippen molar-refractivity contribution in [2.24, 2.45) is 0 Å². The fourth-order valence-electron chi connectivity index (χ4n) is 1.17. The first kappa shape index (κ1) is 13.6. The summed E-state index contributed by atoms with van der Waals surface area (Å²) in [5, 5.41) is -1.12. The van der Waals surface area contributed by atoms with Crippen molar-refractivity contribution in [3.05, 3.63) is 28.0 Å². The van der Waals surface area contributed by atoms with Crippen LogP contribution in [0.3, 0.4) is 0 Å². The number of hydrogen-bond donors (Lipinski definition) is 0. The number of nitrogens with zero attached hydrogens (tertiary/aromatic N) is 1. The van der Waals surface area contributed by atoms with Crippen molar-refractivity contribution < 1.29 is 22.0 Å². The van der Waals surface area contributed by atoms with Crippen molar-refractivity contribution in [2.75, 3.05) is 0 Å². The standard InChI is InChI=1S/C8H4BrClF5N/c9-1-3-2-16-6(10)5(8(13,14)15)4(3)7(11)12/h2,7H,1H2. The van der Waals surface area contributed by atoms with Gasteiger partial charge in [-0.3, -0.25) is 0 Å². The van der Waals surface area contributed by atoms with Gasteiger partial charge in [-0.1, -0.05) is 27.5 Å². The molecule has 1 nitrogen and oxygen atoms in total. The summed E-state index contributed by atoms with van der Waals surface area (Å²) in [6, 6.07) is 0. The van der Waals surface area contributed by atoms with Crippen LogP contribution >= 0.6 is 27.5 Å². The predicted octanol–water partition coefficient (Wildman–Crippen LogP) is 4.59. The van der Waals surface area contributed by atoms with E-state index < -0.39 is 28.9 Å². The molecule has 0 spiro atoms. The van der Waals surface area contributed by atoms with Crippen LogP contribution in [0.15, 0.2) is 6.20 Å². The lowest BCUT2D eigenvalue weighted by molar-refractivity contribution is -0.139. The van der Waals surface area contributed by atoms with Crippen molar-refractivity contribution in [1.82, 2.24) is 4.98 Å². The van der Waals surface area contributed by atoms with E-state index in [1.54, 1.807) is 0 Å². The highest BCUT2D eigenvalue weighted by Crippen LogP contribution is 2.41. The third kappa shape index (κ3) is 2.63. The first-order chi connectivity index (χ1) is 7.29. The Labute approximate surface area is 101 Å². The van der Waals surface area contributed by atoms with Gasteiger partial charge in [-0.25, -0.2) is 13.8 Å². The molecule has 0 aliphatic heterocycles. The normalized spacial score (nSPS) is 12.2. The Morgan fingerprint density at radius 2 is 1.94 bits per heavy atom. The molecule has 0 aliphatic rings. The Bertz CT molecular complexity index is 393. The average Bonchev–Trinajstić information content (AvgIpc) is 2.15. The molecule has 0 aromatic carbocycles. The summed E-state index contributed by atoms with van der Waals surface area (Å²) in [5.41, 5.74) is -2.92. The number of pyridine rings is 1. The van der Waals surface area contributed by atoms with Gasteiger partial charge in [0.25, 0.3) is 6.43 Å². The van der Waals surface area contributed by atoms with Gasteiger partial charge < -0.3 is 0 Å². The second kappa shape index (κ2) is 4.83. The smallest absolute Gasteiger partial charge is 0.244 e. The molecule has 0 radical (unpaired) electrons. The van der Waals surface area contributed by atoms with Gasteiger partial charge in [0.05, 0.1) is 0 Å². The summed E-state index contributed by atoms with van der Waals surface area (Å²) < 4.78 is 62.7. The van der Waals surface area contributed by atoms with Gasteiger partial charge in [0.2, 0.25) is 0 Å². The molecule has 0 aliphatic carbocycles. The minimum Gasteiger partial charge on any atom is -0.244 e. The molecule has 8 heteroatoms. The number of halogens is 7. The van der Waals surface area contributed by atoms with E-state index in [-0.39, 0.29) is 10.9 Å². The number of rotatable bonds is 2. The zero-order valence-corrected chi connectivity index (χ0v) is 9.80. The van der Waals surface area contributed by atoms with E-state index >= 15 is 0 Å². The first-order valence-corrected chi connectivity index (χ1v) is 5.37. The molecule has 0 atom stereocenters. The van der Waals surface area contributed by atoms with Crippen LogP contribution < -0.4 is 0 Å². The van der Waals surface area contributed by atoms with Gasteiger partial charge in [-0.15, -0.1) is 0 Å². The topological polar surface area (TPSA) is 12.9 Å².